The van der Waals surface area contributed by atoms with Crippen LogP contribution in [0.2, 0.25) is 0 Å². The number of aromatic nitrogens is 2. The number of imidazole rings is 1. The Kier molecular flexibility index (Phi) is 6.47. The molecule has 34 heavy (non-hydrogen) atoms. The van der Waals surface area contributed by atoms with E-state index in [1.807, 2.05) is 31.2 Å². The van der Waals surface area contributed by atoms with Crippen molar-refractivity contribution in [2.24, 2.45) is 0 Å². The van der Waals surface area contributed by atoms with Gasteiger partial charge in [-0.05, 0) is 36.8 Å². The third-order valence-corrected chi connectivity index (χ3v) is 6.25. The van der Waals surface area contributed by atoms with Crippen LogP contribution in [0.15, 0.2) is 78.0 Å². The molecule has 0 saturated carbocycles. The number of fused-ring (bicyclic) bond motifs is 1. The van der Waals surface area contributed by atoms with Gasteiger partial charge in [-0.25, -0.2) is 13.4 Å². The minimum absolute atomic E-state index is 0.187. The third kappa shape index (κ3) is 5.15. The lowest BCUT2D eigenvalue weighted by Crippen LogP contribution is -2.26. The fraction of sp³-hybridized carbons (Fsp3) is 0.160. The summed E-state index contributed by atoms with van der Waals surface area (Å²) in [6.07, 6.45) is 1.05. The summed E-state index contributed by atoms with van der Waals surface area (Å²) in [5.74, 6) is -0.812. The van der Waals surface area contributed by atoms with Gasteiger partial charge in [-0.3, -0.25) is 9.59 Å². The Hall–Kier alpha value is -3.98. The lowest BCUT2D eigenvalue weighted by atomic mass is 10.1. The standard InChI is InChI=1S/C25H24N4O4S/c1-17-11-13-18(14-12-17)15-26-24(31)19-7-3-4-8-20(19)27-23(30)16-29-22-10-6-5-9-21(22)28-25(29)34(2,32)33/h3-14H,15-16H2,1-2H3,(H,26,31)(H,27,30). The molecule has 2 N–H and O–H groups in total. The number of sulfone groups is 1. The molecule has 4 rings (SSSR count). The number of hydrogen-bond acceptors (Lipinski definition) is 5. The Morgan fingerprint density at radius 1 is 0.941 bits per heavy atom. The molecular weight excluding hydrogens is 452 g/mol. The van der Waals surface area contributed by atoms with Crippen molar-refractivity contribution in [1.29, 1.82) is 0 Å². The fourth-order valence-corrected chi connectivity index (χ4v) is 4.42. The molecule has 0 atom stereocenters. The molecular formula is C25H24N4O4S. The lowest BCUT2D eigenvalue weighted by Gasteiger charge is -2.13. The van der Waals surface area contributed by atoms with Crippen molar-refractivity contribution in [3.63, 3.8) is 0 Å². The van der Waals surface area contributed by atoms with E-state index in [1.165, 1.54) is 4.57 Å². The molecule has 174 valence electrons. The predicted octanol–water partition coefficient (Wildman–Crippen LogP) is 3.32. The first-order valence-electron chi connectivity index (χ1n) is 10.6. The van der Waals surface area contributed by atoms with Gasteiger partial charge in [-0.2, -0.15) is 0 Å². The highest BCUT2D eigenvalue weighted by molar-refractivity contribution is 7.90. The zero-order chi connectivity index (χ0) is 24.3. The first kappa shape index (κ1) is 23.2. The molecule has 8 nitrogen and oxygen atoms in total. The van der Waals surface area contributed by atoms with Crippen molar-refractivity contribution in [2.45, 2.75) is 25.2 Å². The predicted molar refractivity (Wildman–Crippen MR) is 130 cm³/mol. The Morgan fingerprint density at radius 3 is 2.35 bits per heavy atom. The molecule has 0 radical (unpaired) electrons. The average molecular weight is 477 g/mol. The number of nitrogens with one attached hydrogen (secondary N) is 2. The van der Waals surface area contributed by atoms with Crippen molar-refractivity contribution in [3.8, 4) is 0 Å². The zero-order valence-corrected chi connectivity index (χ0v) is 19.6. The summed E-state index contributed by atoms with van der Waals surface area (Å²) < 4.78 is 25.9. The van der Waals surface area contributed by atoms with Crippen LogP contribution < -0.4 is 10.6 Å². The maximum absolute atomic E-state index is 12.9. The molecule has 0 bridgehead atoms. The molecule has 4 aromatic rings. The smallest absolute Gasteiger partial charge is 0.253 e. The van der Waals surface area contributed by atoms with Gasteiger partial charge in [-0.1, -0.05) is 54.1 Å². The summed E-state index contributed by atoms with van der Waals surface area (Å²) in [5, 5.41) is 5.41. The average Bonchev–Trinajstić information content (AvgIpc) is 3.18. The van der Waals surface area contributed by atoms with E-state index >= 15 is 0 Å². The molecule has 1 aromatic heterocycles. The van der Waals surface area contributed by atoms with Crippen LogP contribution in [0.3, 0.4) is 0 Å². The highest BCUT2D eigenvalue weighted by Crippen LogP contribution is 2.21. The van der Waals surface area contributed by atoms with E-state index < -0.39 is 15.7 Å². The largest absolute Gasteiger partial charge is 0.348 e. The number of hydrogen-bond donors (Lipinski definition) is 2. The highest BCUT2D eigenvalue weighted by atomic mass is 32.2. The van der Waals surface area contributed by atoms with E-state index in [2.05, 4.69) is 15.6 Å². The SMILES string of the molecule is Cc1ccc(CNC(=O)c2ccccc2NC(=O)Cn2c(S(C)(=O)=O)nc3ccccc32)cc1. The second-order valence-electron chi connectivity index (χ2n) is 8.00. The van der Waals surface area contributed by atoms with Gasteiger partial charge in [-0.15, -0.1) is 0 Å². The minimum atomic E-state index is -3.66. The van der Waals surface area contributed by atoms with Crippen LogP contribution in [0.25, 0.3) is 11.0 Å². The number of aryl methyl sites for hydroxylation is 1. The number of benzene rings is 3. The van der Waals surface area contributed by atoms with E-state index in [0.717, 1.165) is 17.4 Å². The summed E-state index contributed by atoms with van der Waals surface area (Å²) in [5.41, 5.74) is 3.74. The van der Waals surface area contributed by atoms with Crippen molar-refractivity contribution in [3.05, 3.63) is 89.5 Å². The summed E-state index contributed by atoms with van der Waals surface area (Å²) in [6, 6.07) is 21.4. The van der Waals surface area contributed by atoms with Crippen LogP contribution in [0.5, 0.6) is 0 Å². The first-order valence-corrected chi connectivity index (χ1v) is 12.5. The van der Waals surface area contributed by atoms with Crippen molar-refractivity contribution < 1.29 is 18.0 Å². The van der Waals surface area contributed by atoms with Crippen LogP contribution in [0.4, 0.5) is 5.69 Å². The molecule has 0 fully saturated rings. The minimum Gasteiger partial charge on any atom is -0.348 e. The summed E-state index contributed by atoms with van der Waals surface area (Å²) >= 11 is 0. The van der Waals surface area contributed by atoms with Gasteiger partial charge in [0.25, 0.3) is 5.91 Å². The quantitative estimate of drug-likeness (QED) is 0.425. The van der Waals surface area contributed by atoms with Gasteiger partial charge >= 0.3 is 0 Å². The molecule has 9 heteroatoms. The molecule has 2 amide bonds. The van der Waals surface area contributed by atoms with Crippen LogP contribution in [-0.4, -0.2) is 36.0 Å². The lowest BCUT2D eigenvalue weighted by molar-refractivity contribution is -0.116. The Balaban J connectivity index is 1.53. The van der Waals surface area contributed by atoms with E-state index in [1.54, 1.807) is 48.5 Å². The monoisotopic (exact) mass is 476 g/mol. The van der Waals surface area contributed by atoms with Crippen LogP contribution in [-0.2, 0) is 27.7 Å². The number of anilines is 1. The number of amides is 2. The number of para-hydroxylation sites is 3. The van der Waals surface area contributed by atoms with Gasteiger partial charge in [0.2, 0.25) is 20.9 Å². The molecule has 0 spiro atoms. The molecule has 0 unspecified atom stereocenters. The van der Waals surface area contributed by atoms with E-state index in [9.17, 15) is 18.0 Å². The molecule has 0 aliphatic heterocycles. The van der Waals surface area contributed by atoms with E-state index in [4.69, 9.17) is 0 Å². The maximum Gasteiger partial charge on any atom is 0.253 e. The van der Waals surface area contributed by atoms with Crippen LogP contribution in [0, 0.1) is 6.92 Å². The molecule has 1 heterocycles. The van der Waals surface area contributed by atoms with Crippen molar-refractivity contribution in [1.82, 2.24) is 14.9 Å². The third-order valence-electron chi connectivity index (χ3n) is 5.27. The Morgan fingerprint density at radius 2 is 1.62 bits per heavy atom. The second kappa shape index (κ2) is 9.48. The topological polar surface area (TPSA) is 110 Å². The van der Waals surface area contributed by atoms with E-state index in [0.29, 0.717) is 28.8 Å². The number of rotatable bonds is 7. The zero-order valence-electron chi connectivity index (χ0n) is 18.8. The van der Waals surface area contributed by atoms with E-state index in [-0.39, 0.29) is 17.6 Å². The molecule has 0 aliphatic rings. The molecule has 3 aromatic carbocycles. The molecule has 0 saturated heterocycles. The van der Waals surface area contributed by atoms with Gasteiger partial charge in [0.1, 0.15) is 6.54 Å². The fourth-order valence-electron chi connectivity index (χ4n) is 3.60. The normalized spacial score (nSPS) is 11.4. The second-order valence-corrected chi connectivity index (χ2v) is 9.91. The highest BCUT2D eigenvalue weighted by Gasteiger charge is 2.21. The van der Waals surface area contributed by atoms with Gasteiger partial charge in [0.05, 0.1) is 22.3 Å². The summed E-state index contributed by atoms with van der Waals surface area (Å²) in [6.45, 7) is 2.06. The maximum atomic E-state index is 12.9. The summed E-state index contributed by atoms with van der Waals surface area (Å²) in [7, 11) is -3.66. The van der Waals surface area contributed by atoms with Crippen molar-refractivity contribution >= 4 is 38.4 Å². The number of nitrogens with zero attached hydrogens (tertiary/aromatic N) is 2. The van der Waals surface area contributed by atoms with Gasteiger partial charge in [0.15, 0.2) is 0 Å². The number of carbonyl (C=O) groups is 2. The van der Waals surface area contributed by atoms with Gasteiger partial charge in [0, 0.05) is 12.8 Å². The Bertz CT molecular complexity index is 1470. The van der Waals surface area contributed by atoms with Crippen LogP contribution in [0.1, 0.15) is 21.5 Å². The number of carbonyl (C=O) groups excluding carboxylic acids is 2. The Labute approximate surface area is 197 Å². The van der Waals surface area contributed by atoms with Gasteiger partial charge < -0.3 is 15.2 Å². The van der Waals surface area contributed by atoms with Crippen molar-refractivity contribution in [2.75, 3.05) is 11.6 Å². The first-order chi connectivity index (χ1) is 16.2. The van der Waals surface area contributed by atoms with Crippen LogP contribution >= 0.6 is 0 Å². The molecule has 0 aliphatic carbocycles. The summed E-state index contributed by atoms with van der Waals surface area (Å²) in [4.78, 5) is 29.9.